The number of hydrogen-bond donors (Lipinski definition) is 0. The van der Waals surface area contributed by atoms with Crippen molar-refractivity contribution in [2.45, 2.75) is 39.0 Å². The van der Waals surface area contributed by atoms with Crippen LogP contribution in [0.4, 0.5) is 0 Å². The molecule has 0 aromatic rings. The van der Waals surface area contributed by atoms with Crippen molar-refractivity contribution >= 4 is 17.0 Å². The van der Waals surface area contributed by atoms with Crippen LogP contribution in [-0.2, 0) is 19.5 Å². The third-order valence-corrected chi connectivity index (χ3v) is 1.16. The van der Waals surface area contributed by atoms with Gasteiger partial charge in [-0.2, -0.15) is 0 Å². The minimum atomic E-state index is 0. The van der Waals surface area contributed by atoms with Crippen LogP contribution in [-0.4, -0.2) is 0 Å². The van der Waals surface area contributed by atoms with Crippen LogP contribution < -0.4 is 0 Å². The largest absolute Gasteiger partial charge is 0.694 e. The molecule has 10 heavy (non-hydrogen) atoms. The van der Waals surface area contributed by atoms with Crippen molar-refractivity contribution in [2.24, 2.45) is 0 Å². The van der Waals surface area contributed by atoms with Gasteiger partial charge in [0.2, 0.25) is 0 Å². The molecule has 0 aliphatic heterocycles. The van der Waals surface area contributed by atoms with Gasteiger partial charge in [0.15, 0.2) is 0 Å². The third-order valence-electron chi connectivity index (χ3n) is 1.16. The molecule has 0 rings (SSSR count). The van der Waals surface area contributed by atoms with Gasteiger partial charge in [-0.1, -0.05) is 26.2 Å². The molecule has 0 spiro atoms. The molecule has 0 aliphatic rings. The molecule has 0 amide bonds. The molecule has 0 unspecified atom stereocenters. The SMILES string of the molecule is Br.[C-]#CCCCCCC.[Zn]. The summed E-state index contributed by atoms with van der Waals surface area (Å²) in [7, 11) is 0. The van der Waals surface area contributed by atoms with Crippen molar-refractivity contribution in [1.82, 2.24) is 0 Å². The summed E-state index contributed by atoms with van der Waals surface area (Å²) in [5.41, 5.74) is 0. The first kappa shape index (κ1) is 17.0. The van der Waals surface area contributed by atoms with Crippen LogP contribution in [0, 0.1) is 12.3 Å². The van der Waals surface area contributed by atoms with Gasteiger partial charge in [-0.3, -0.25) is 0 Å². The quantitative estimate of drug-likeness (QED) is 0.313. The van der Waals surface area contributed by atoms with E-state index in [4.69, 9.17) is 6.42 Å². The summed E-state index contributed by atoms with van der Waals surface area (Å²) >= 11 is 0. The number of halogens is 1. The second-order valence-electron chi connectivity index (χ2n) is 1.99. The van der Waals surface area contributed by atoms with Gasteiger partial charge in [-0.25, -0.2) is 0 Å². The molecule has 0 atom stereocenters. The van der Waals surface area contributed by atoms with E-state index in [9.17, 15) is 0 Å². The summed E-state index contributed by atoms with van der Waals surface area (Å²) in [6, 6.07) is 0. The summed E-state index contributed by atoms with van der Waals surface area (Å²) in [5, 5.41) is 0. The molecule has 0 saturated carbocycles. The first-order chi connectivity index (χ1) is 3.91. The van der Waals surface area contributed by atoms with Crippen LogP contribution in [0.25, 0.3) is 0 Å². The Hall–Kier alpha value is 0.663. The van der Waals surface area contributed by atoms with Crippen molar-refractivity contribution in [2.75, 3.05) is 0 Å². The van der Waals surface area contributed by atoms with E-state index < -0.39 is 0 Å². The second kappa shape index (κ2) is 16.3. The van der Waals surface area contributed by atoms with E-state index in [1.54, 1.807) is 0 Å². The molecule has 0 aliphatic carbocycles. The molecule has 56 valence electrons. The van der Waals surface area contributed by atoms with Crippen LogP contribution in [0.15, 0.2) is 0 Å². The zero-order valence-electron chi connectivity index (χ0n) is 6.65. The van der Waals surface area contributed by atoms with Crippen LogP contribution >= 0.6 is 17.0 Å². The van der Waals surface area contributed by atoms with E-state index in [0.717, 1.165) is 12.8 Å². The smallest absolute Gasteiger partial charge is 0 e. The van der Waals surface area contributed by atoms with Crippen LogP contribution in [0.1, 0.15) is 39.0 Å². The molecule has 2 heteroatoms. The van der Waals surface area contributed by atoms with E-state index in [1.165, 1.54) is 19.3 Å². The molecule has 0 radical (unpaired) electrons. The van der Waals surface area contributed by atoms with Crippen molar-refractivity contribution < 1.29 is 19.5 Å². The van der Waals surface area contributed by atoms with Gasteiger partial charge in [0.05, 0.1) is 0 Å². The number of unbranched alkanes of at least 4 members (excludes halogenated alkanes) is 4. The Bertz CT molecular complexity index is 75.8. The molecule has 0 N–H and O–H groups in total. The molecular weight excluding hydrogens is 241 g/mol. The maximum atomic E-state index is 6.59. The minimum Gasteiger partial charge on any atom is -0.694 e. The number of hydrogen-bond acceptors (Lipinski definition) is 0. The molecule has 0 fully saturated rings. The van der Waals surface area contributed by atoms with Crippen molar-refractivity contribution in [3.05, 3.63) is 6.42 Å². The molecule has 0 heterocycles. The fourth-order valence-electron chi connectivity index (χ4n) is 0.640. The summed E-state index contributed by atoms with van der Waals surface area (Å²) in [6.07, 6.45) is 12.4. The molecule has 0 aromatic carbocycles. The topological polar surface area (TPSA) is 0 Å². The monoisotopic (exact) mass is 253 g/mol. The molecular formula is C8H14BrZn-. The molecule has 0 aromatic heterocycles. The normalized spacial score (nSPS) is 6.80. The molecule has 0 nitrogen and oxygen atoms in total. The maximum Gasteiger partial charge on any atom is 0 e. The van der Waals surface area contributed by atoms with Crippen molar-refractivity contribution in [1.29, 1.82) is 0 Å². The van der Waals surface area contributed by atoms with Gasteiger partial charge < -0.3 is 12.3 Å². The van der Waals surface area contributed by atoms with Crippen LogP contribution in [0.2, 0.25) is 0 Å². The van der Waals surface area contributed by atoms with E-state index in [0.29, 0.717) is 0 Å². The summed E-state index contributed by atoms with van der Waals surface area (Å²) in [6.45, 7) is 2.19. The Morgan fingerprint density at radius 2 is 1.80 bits per heavy atom. The third kappa shape index (κ3) is 15.9. The van der Waals surface area contributed by atoms with E-state index >= 15 is 0 Å². The Morgan fingerprint density at radius 1 is 1.20 bits per heavy atom. The van der Waals surface area contributed by atoms with Crippen molar-refractivity contribution in [3.63, 3.8) is 0 Å². The second-order valence-corrected chi connectivity index (χ2v) is 1.99. The van der Waals surface area contributed by atoms with Gasteiger partial charge in [0, 0.05) is 19.5 Å². The average Bonchev–Trinajstić information content (AvgIpc) is 1.81. The predicted molar refractivity (Wildman–Crippen MR) is 46.2 cm³/mol. The summed E-state index contributed by atoms with van der Waals surface area (Å²) in [5.74, 6) is 2.38. The van der Waals surface area contributed by atoms with Gasteiger partial charge in [-0.15, -0.1) is 17.0 Å². The van der Waals surface area contributed by atoms with Gasteiger partial charge in [0.25, 0.3) is 0 Å². The Balaban J connectivity index is -0.000000245. The van der Waals surface area contributed by atoms with Crippen molar-refractivity contribution in [3.8, 4) is 5.92 Å². The zero-order valence-corrected chi connectivity index (χ0v) is 11.3. The standard InChI is InChI=1S/C8H13.BrH.Zn/c1-3-5-7-8-6-4-2;;/h3,5-8H2,1H3;1H;/q-1;;. The van der Waals surface area contributed by atoms with Gasteiger partial charge >= 0.3 is 0 Å². The van der Waals surface area contributed by atoms with Crippen LogP contribution in [0.3, 0.4) is 0 Å². The first-order valence-electron chi connectivity index (χ1n) is 3.31. The average molecular weight is 255 g/mol. The first-order valence-corrected chi connectivity index (χ1v) is 3.31. The Kier molecular flexibility index (Phi) is 27.7. The predicted octanol–water partition coefficient (Wildman–Crippen LogP) is 3.12. The Morgan fingerprint density at radius 3 is 2.20 bits per heavy atom. The fourth-order valence-corrected chi connectivity index (χ4v) is 0.640. The van der Waals surface area contributed by atoms with Gasteiger partial charge in [0.1, 0.15) is 0 Å². The number of rotatable bonds is 4. The van der Waals surface area contributed by atoms with Gasteiger partial charge in [-0.05, 0) is 12.8 Å². The fraction of sp³-hybridized carbons (Fsp3) is 0.750. The molecule has 0 bridgehead atoms. The van der Waals surface area contributed by atoms with E-state index in [-0.39, 0.29) is 36.5 Å². The minimum absolute atomic E-state index is 0. The zero-order chi connectivity index (χ0) is 6.24. The van der Waals surface area contributed by atoms with E-state index in [1.807, 2.05) is 0 Å². The maximum absolute atomic E-state index is 6.59. The van der Waals surface area contributed by atoms with Crippen LogP contribution in [0.5, 0.6) is 0 Å². The Labute approximate surface area is 87.7 Å². The molecule has 0 saturated heterocycles. The summed E-state index contributed by atoms with van der Waals surface area (Å²) in [4.78, 5) is 0. The summed E-state index contributed by atoms with van der Waals surface area (Å²) < 4.78 is 0. The van der Waals surface area contributed by atoms with E-state index in [2.05, 4.69) is 12.8 Å².